The Balaban J connectivity index is 1.39. The van der Waals surface area contributed by atoms with E-state index < -0.39 is 9.84 Å². The van der Waals surface area contributed by atoms with Gasteiger partial charge in [0, 0.05) is 25.7 Å². The number of imidazole rings is 1. The molecule has 8 heteroatoms. The number of H-pyrrole nitrogens is 1. The molecule has 1 aliphatic heterocycles. The summed E-state index contributed by atoms with van der Waals surface area (Å²) >= 11 is 0. The molecule has 0 unspecified atom stereocenters. The standard InChI is InChI=1S/C21H25N3O4S/c1-28-17-5-4-6-18(15-17)29(26,27)14-13-23-11-9-16(10-12-23)24-20-8-3-2-7-19(20)22-21(24)25/h2-8,15-16H,9-14H2,1H3,(H,22,25). The van der Waals surface area contributed by atoms with Gasteiger partial charge in [-0.25, -0.2) is 13.2 Å². The third-order valence-corrected chi connectivity index (χ3v) is 7.32. The molecule has 3 aromatic rings. The first-order valence-electron chi connectivity index (χ1n) is 9.76. The lowest BCUT2D eigenvalue weighted by Crippen LogP contribution is -2.39. The van der Waals surface area contributed by atoms with Crippen molar-refractivity contribution in [3.05, 3.63) is 59.0 Å². The Morgan fingerprint density at radius 3 is 2.62 bits per heavy atom. The van der Waals surface area contributed by atoms with Crippen molar-refractivity contribution in [2.24, 2.45) is 0 Å². The van der Waals surface area contributed by atoms with Gasteiger partial charge < -0.3 is 14.6 Å². The molecule has 0 saturated carbocycles. The molecule has 2 aromatic carbocycles. The highest BCUT2D eigenvalue weighted by Crippen LogP contribution is 2.25. The minimum absolute atomic E-state index is 0.0673. The quantitative estimate of drug-likeness (QED) is 0.669. The highest BCUT2D eigenvalue weighted by Gasteiger charge is 2.25. The van der Waals surface area contributed by atoms with Gasteiger partial charge in [-0.2, -0.15) is 0 Å². The monoisotopic (exact) mass is 415 g/mol. The van der Waals surface area contributed by atoms with Crippen LogP contribution in [0.25, 0.3) is 11.0 Å². The molecule has 7 nitrogen and oxygen atoms in total. The molecule has 154 valence electrons. The van der Waals surface area contributed by atoms with Crippen molar-refractivity contribution >= 4 is 20.9 Å². The Morgan fingerprint density at radius 2 is 1.86 bits per heavy atom. The molecule has 1 fully saturated rings. The number of hydrogen-bond donors (Lipinski definition) is 1. The van der Waals surface area contributed by atoms with Crippen molar-refractivity contribution in [3.8, 4) is 5.75 Å². The fourth-order valence-electron chi connectivity index (χ4n) is 4.00. The van der Waals surface area contributed by atoms with Crippen LogP contribution in [0.5, 0.6) is 5.75 Å². The van der Waals surface area contributed by atoms with Crippen LogP contribution in [-0.2, 0) is 9.84 Å². The molecular weight excluding hydrogens is 390 g/mol. The van der Waals surface area contributed by atoms with Crippen molar-refractivity contribution in [1.29, 1.82) is 0 Å². The van der Waals surface area contributed by atoms with Crippen LogP contribution in [0.15, 0.2) is 58.2 Å². The van der Waals surface area contributed by atoms with Gasteiger partial charge in [-0.3, -0.25) is 4.57 Å². The Labute approximate surface area is 169 Å². The van der Waals surface area contributed by atoms with Gasteiger partial charge in [0.1, 0.15) is 5.75 Å². The number of nitrogens with one attached hydrogen (secondary N) is 1. The number of ether oxygens (including phenoxy) is 1. The van der Waals surface area contributed by atoms with Gasteiger partial charge in [-0.05, 0) is 43.2 Å². The first-order chi connectivity index (χ1) is 14.0. The molecule has 0 atom stereocenters. The van der Waals surface area contributed by atoms with E-state index in [2.05, 4.69) is 9.88 Å². The lowest BCUT2D eigenvalue weighted by atomic mass is 10.0. The third kappa shape index (κ3) is 4.09. The third-order valence-electron chi connectivity index (χ3n) is 5.62. The summed E-state index contributed by atoms with van der Waals surface area (Å²) in [5.74, 6) is 0.605. The van der Waals surface area contributed by atoms with Crippen molar-refractivity contribution in [3.63, 3.8) is 0 Å². The lowest BCUT2D eigenvalue weighted by molar-refractivity contribution is 0.195. The summed E-state index contributed by atoms with van der Waals surface area (Å²) in [5.41, 5.74) is 1.70. The number of likely N-dealkylation sites (tertiary alicyclic amines) is 1. The zero-order valence-corrected chi connectivity index (χ0v) is 17.2. The van der Waals surface area contributed by atoms with E-state index >= 15 is 0 Å². The first-order valence-corrected chi connectivity index (χ1v) is 11.4. The predicted octanol–water partition coefficient (Wildman–Crippen LogP) is 2.45. The van der Waals surface area contributed by atoms with Gasteiger partial charge in [0.25, 0.3) is 0 Å². The van der Waals surface area contributed by atoms with Crippen LogP contribution in [0, 0.1) is 0 Å². The number of nitrogens with zero attached hydrogens (tertiary/aromatic N) is 2. The van der Waals surface area contributed by atoms with Crippen molar-refractivity contribution in [2.75, 3.05) is 32.5 Å². The molecule has 1 aliphatic rings. The lowest BCUT2D eigenvalue weighted by Gasteiger charge is -2.32. The summed E-state index contributed by atoms with van der Waals surface area (Å²) in [7, 11) is -1.84. The maximum atomic E-state index is 12.7. The van der Waals surface area contributed by atoms with Crippen LogP contribution >= 0.6 is 0 Å². The number of para-hydroxylation sites is 2. The molecule has 0 bridgehead atoms. The van der Waals surface area contributed by atoms with Gasteiger partial charge in [0.05, 0.1) is 28.8 Å². The number of sulfone groups is 1. The summed E-state index contributed by atoms with van der Waals surface area (Å²) in [6.45, 7) is 2.02. The number of aromatic amines is 1. The van der Waals surface area contributed by atoms with Crippen molar-refractivity contribution in [1.82, 2.24) is 14.5 Å². The topological polar surface area (TPSA) is 84.4 Å². The van der Waals surface area contributed by atoms with E-state index in [-0.39, 0.29) is 22.4 Å². The number of fused-ring (bicyclic) bond motifs is 1. The fraction of sp³-hybridized carbons (Fsp3) is 0.381. The molecule has 1 saturated heterocycles. The average molecular weight is 416 g/mol. The number of piperidine rings is 1. The molecule has 4 rings (SSSR count). The van der Waals surface area contributed by atoms with Crippen molar-refractivity contribution < 1.29 is 13.2 Å². The van der Waals surface area contributed by atoms with E-state index in [0.29, 0.717) is 12.3 Å². The second kappa shape index (κ2) is 8.04. The normalized spacial score (nSPS) is 16.3. The number of benzene rings is 2. The Morgan fingerprint density at radius 1 is 1.10 bits per heavy atom. The molecular formula is C21H25N3O4S. The van der Waals surface area contributed by atoms with E-state index in [1.807, 2.05) is 28.8 Å². The smallest absolute Gasteiger partial charge is 0.326 e. The van der Waals surface area contributed by atoms with Gasteiger partial charge >= 0.3 is 5.69 Å². The molecule has 0 aliphatic carbocycles. The second-order valence-corrected chi connectivity index (χ2v) is 9.50. The maximum Gasteiger partial charge on any atom is 0.326 e. The van der Waals surface area contributed by atoms with E-state index in [1.54, 1.807) is 24.3 Å². The largest absolute Gasteiger partial charge is 0.497 e. The van der Waals surface area contributed by atoms with Crippen LogP contribution in [-0.4, -0.2) is 55.4 Å². The van der Waals surface area contributed by atoms with E-state index in [4.69, 9.17) is 4.74 Å². The predicted molar refractivity (Wildman–Crippen MR) is 112 cm³/mol. The zero-order valence-electron chi connectivity index (χ0n) is 16.4. The van der Waals surface area contributed by atoms with Gasteiger partial charge in [-0.15, -0.1) is 0 Å². The minimum atomic E-state index is -3.37. The van der Waals surface area contributed by atoms with Crippen LogP contribution in [0.1, 0.15) is 18.9 Å². The molecule has 0 amide bonds. The highest BCUT2D eigenvalue weighted by atomic mass is 32.2. The Kier molecular flexibility index (Phi) is 5.47. The summed E-state index contributed by atoms with van der Waals surface area (Å²) < 4.78 is 32.3. The summed E-state index contributed by atoms with van der Waals surface area (Å²) in [6, 6.07) is 14.4. The molecule has 0 radical (unpaired) electrons. The summed E-state index contributed by atoms with van der Waals surface area (Å²) in [6.07, 6.45) is 1.64. The molecule has 1 aromatic heterocycles. The van der Waals surface area contributed by atoms with Crippen LogP contribution in [0.3, 0.4) is 0 Å². The number of hydrogen-bond acceptors (Lipinski definition) is 5. The first kappa shape index (κ1) is 19.7. The summed E-state index contributed by atoms with van der Waals surface area (Å²) in [4.78, 5) is 17.8. The minimum Gasteiger partial charge on any atom is -0.497 e. The van der Waals surface area contributed by atoms with Crippen LogP contribution < -0.4 is 10.4 Å². The average Bonchev–Trinajstić information content (AvgIpc) is 3.08. The molecule has 1 N–H and O–H groups in total. The number of methoxy groups -OCH3 is 1. The molecule has 29 heavy (non-hydrogen) atoms. The van der Waals surface area contributed by atoms with Crippen LogP contribution in [0.2, 0.25) is 0 Å². The van der Waals surface area contributed by atoms with Gasteiger partial charge in [-0.1, -0.05) is 18.2 Å². The van der Waals surface area contributed by atoms with Gasteiger partial charge in [0.15, 0.2) is 9.84 Å². The van der Waals surface area contributed by atoms with Crippen LogP contribution in [0.4, 0.5) is 0 Å². The number of rotatable bonds is 6. The molecule has 2 heterocycles. The number of aromatic nitrogens is 2. The summed E-state index contributed by atoms with van der Waals surface area (Å²) in [5, 5.41) is 0. The van der Waals surface area contributed by atoms with Gasteiger partial charge in [0.2, 0.25) is 0 Å². The SMILES string of the molecule is COc1cccc(S(=O)(=O)CCN2CCC(n3c(=O)[nH]c4ccccc43)CC2)c1. The van der Waals surface area contributed by atoms with E-state index in [0.717, 1.165) is 37.0 Å². The fourth-order valence-corrected chi connectivity index (χ4v) is 5.32. The Bertz CT molecular complexity index is 1160. The maximum absolute atomic E-state index is 12.7. The van der Waals surface area contributed by atoms with E-state index in [1.165, 1.54) is 7.11 Å². The van der Waals surface area contributed by atoms with Crippen molar-refractivity contribution in [2.45, 2.75) is 23.8 Å². The zero-order chi connectivity index (χ0) is 20.4. The molecule has 0 spiro atoms. The second-order valence-electron chi connectivity index (χ2n) is 7.39. The van der Waals surface area contributed by atoms with E-state index in [9.17, 15) is 13.2 Å². The highest BCUT2D eigenvalue weighted by molar-refractivity contribution is 7.91. The Hall–Kier alpha value is -2.58.